The van der Waals surface area contributed by atoms with Gasteiger partial charge in [0.1, 0.15) is 6.04 Å². The summed E-state index contributed by atoms with van der Waals surface area (Å²) in [5.74, 6) is -0.634. The van der Waals surface area contributed by atoms with E-state index in [1.807, 2.05) is 30.3 Å². The van der Waals surface area contributed by atoms with Crippen molar-refractivity contribution in [3.8, 4) is 0 Å². The summed E-state index contributed by atoms with van der Waals surface area (Å²) in [5.41, 5.74) is 2.28. The van der Waals surface area contributed by atoms with E-state index in [0.717, 1.165) is 20.3 Å². The summed E-state index contributed by atoms with van der Waals surface area (Å²) < 4.78 is 28.3. The smallest absolute Gasteiger partial charge is 0.252 e. The molecule has 1 saturated heterocycles. The van der Waals surface area contributed by atoms with Gasteiger partial charge in [-0.25, -0.2) is 13.3 Å². The van der Waals surface area contributed by atoms with Gasteiger partial charge in [-0.15, -0.1) is 0 Å². The van der Waals surface area contributed by atoms with E-state index in [2.05, 4.69) is 13.8 Å². The van der Waals surface area contributed by atoms with Crippen molar-refractivity contribution in [3.63, 3.8) is 0 Å². The van der Waals surface area contributed by atoms with E-state index in [9.17, 15) is 18.0 Å². The quantitative estimate of drug-likeness (QED) is 0.490. The third-order valence-electron chi connectivity index (χ3n) is 5.82. The Labute approximate surface area is 194 Å². The van der Waals surface area contributed by atoms with Crippen LogP contribution in [0.15, 0.2) is 89.8 Å². The van der Waals surface area contributed by atoms with Crippen LogP contribution in [0.2, 0.25) is 0 Å². The third-order valence-corrected chi connectivity index (χ3v) is 7.69. The second-order valence-corrected chi connectivity index (χ2v) is 10.3. The average molecular weight is 463 g/mol. The van der Waals surface area contributed by atoms with Gasteiger partial charge in [-0.05, 0) is 41.3 Å². The van der Waals surface area contributed by atoms with Gasteiger partial charge in [0.25, 0.3) is 5.91 Å². The van der Waals surface area contributed by atoms with Crippen LogP contribution in [0.25, 0.3) is 0 Å². The molecular weight excluding hydrogens is 436 g/mol. The Morgan fingerprint density at radius 3 is 2.03 bits per heavy atom. The second-order valence-electron chi connectivity index (χ2n) is 8.38. The lowest BCUT2D eigenvalue weighted by Crippen LogP contribution is -2.45. The maximum absolute atomic E-state index is 13.6. The Balaban J connectivity index is 1.71. The molecule has 1 fully saturated rings. The van der Waals surface area contributed by atoms with Crippen LogP contribution >= 0.6 is 0 Å². The van der Waals surface area contributed by atoms with Crippen molar-refractivity contribution in [1.82, 2.24) is 4.31 Å². The molecular formula is C26H26N2O4S. The van der Waals surface area contributed by atoms with Crippen LogP contribution in [0, 0.1) is 0 Å². The molecule has 3 aromatic rings. The predicted molar refractivity (Wildman–Crippen MR) is 127 cm³/mol. The summed E-state index contributed by atoms with van der Waals surface area (Å²) in [5, 5.41) is 0. The van der Waals surface area contributed by atoms with Gasteiger partial charge >= 0.3 is 0 Å². The molecule has 1 heterocycles. The highest BCUT2D eigenvalue weighted by molar-refractivity contribution is 7.89. The van der Waals surface area contributed by atoms with Gasteiger partial charge in [0.2, 0.25) is 15.9 Å². The number of amides is 2. The van der Waals surface area contributed by atoms with Crippen LogP contribution < -0.4 is 4.90 Å². The van der Waals surface area contributed by atoms with E-state index >= 15 is 0 Å². The summed E-state index contributed by atoms with van der Waals surface area (Å²) >= 11 is 0. The lowest BCUT2D eigenvalue weighted by atomic mass is 10.0. The van der Waals surface area contributed by atoms with Gasteiger partial charge in [0, 0.05) is 6.54 Å². The molecule has 0 spiro atoms. The summed E-state index contributed by atoms with van der Waals surface area (Å²) in [6.07, 6.45) is -0.205. The molecule has 3 aromatic carbocycles. The van der Waals surface area contributed by atoms with E-state index in [0.29, 0.717) is 11.6 Å². The highest BCUT2D eigenvalue weighted by Crippen LogP contribution is 2.31. The highest BCUT2D eigenvalue weighted by Gasteiger charge is 2.46. The SMILES string of the molecule is CC(C)c1ccc(N2C(=O)CC(N(Cc3ccccc3)S(=O)(=O)c3ccccc3)C2=O)cc1. The molecule has 170 valence electrons. The Bertz CT molecular complexity index is 1240. The lowest BCUT2D eigenvalue weighted by molar-refractivity contribution is -0.122. The molecule has 0 N–H and O–H groups in total. The number of hydrogen-bond acceptors (Lipinski definition) is 4. The zero-order valence-corrected chi connectivity index (χ0v) is 19.4. The first-order valence-electron chi connectivity index (χ1n) is 10.9. The number of nitrogens with zero attached hydrogens (tertiary/aromatic N) is 2. The van der Waals surface area contributed by atoms with Crippen molar-refractivity contribution in [2.24, 2.45) is 0 Å². The number of sulfonamides is 1. The average Bonchev–Trinajstić information content (AvgIpc) is 3.12. The molecule has 0 saturated carbocycles. The molecule has 0 bridgehead atoms. The largest absolute Gasteiger partial charge is 0.274 e. The highest BCUT2D eigenvalue weighted by atomic mass is 32.2. The minimum atomic E-state index is -4.03. The third kappa shape index (κ3) is 4.60. The topological polar surface area (TPSA) is 74.8 Å². The van der Waals surface area contributed by atoms with Crippen LogP contribution in [-0.4, -0.2) is 30.6 Å². The van der Waals surface area contributed by atoms with Crippen molar-refractivity contribution >= 4 is 27.5 Å². The minimum Gasteiger partial charge on any atom is -0.274 e. The monoisotopic (exact) mass is 462 g/mol. The number of benzene rings is 3. The van der Waals surface area contributed by atoms with Crippen molar-refractivity contribution in [1.29, 1.82) is 0 Å². The molecule has 1 aliphatic rings. The summed E-state index contributed by atoms with van der Waals surface area (Å²) in [7, 11) is -4.03. The van der Waals surface area contributed by atoms with Gasteiger partial charge in [-0.3, -0.25) is 9.59 Å². The second kappa shape index (κ2) is 9.29. The van der Waals surface area contributed by atoms with Gasteiger partial charge in [-0.2, -0.15) is 4.31 Å². The number of rotatable bonds is 7. The standard InChI is InChI=1S/C26H26N2O4S/c1-19(2)21-13-15-22(16-14-21)28-25(29)17-24(26(28)30)27(18-20-9-5-3-6-10-20)33(31,32)23-11-7-4-8-12-23/h3-16,19,24H,17-18H2,1-2H3. The van der Waals surface area contributed by atoms with Crippen molar-refractivity contribution < 1.29 is 18.0 Å². The number of carbonyl (C=O) groups excluding carboxylic acids is 2. The zero-order valence-electron chi connectivity index (χ0n) is 18.6. The fourth-order valence-electron chi connectivity index (χ4n) is 3.97. The summed E-state index contributed by atoms with van der Waals surface area (Å²) in [4.78, 5) is 27.6. The zero-order chi connectivity index (χ0) is 23.6. The Hall–Kier alpha value is -3.29. The van der Waals surface area contributed by atoms with Crippen molar-refractivity contribution in [2.75, 3.05) is 4.90 Å². The first-order valence-corrected chi connectivity index (χ1v) is 12.3. The fraction of sp³-hybridized carbons (Fsp3) is 0.231. The molecule has 4 rings (SSSR count). The van der Waals surface area contributed by atoms with Gasteiger partial charge in [0.05, 0.1) is 17.0 Å². The van der Waals surface area contributed by atoms with Crippen molar-refractivity contribution in [2.45, 2.75) is 43.7 Å². The van der Waals surface area contributed by atoms with E-state index in [4.69, 9.17) is 0 Å². The molecule has 1 atom stereocenters. The Morgan fingerprint density at radius 2 is 1.45 bits per heavy atom. The summed E-state index contributed by atoms with van der Waals surface area (Å²) in [6, 6.07) is 23.2. The van der Waals surface area contributed by atoms with E-state index in [1.165, 1.54) is 12.1 Å². The van der Waals surface area contributed by atoms with Crippen LogP contribution in [0.3, 0.4) is 0 Å². The van der Waals surface area contributed by atoms with Gasteiger partial charge in [-0.1, -0.05) is 74.5 Å². The lowest BCUT2D eigenvalue weighted by Gasteiger charge is -2.27. The molecule has 1 unspecified atom stereocenters. The van der Waals surface area contributed by atoms with Crippen LogP contribution in [-0.2, 0) is 26.2 Å². The summed E-state index contributed by atoms with van der Waals surface area (Å²) in [6.45, 7) is 4.11. The van der Waals surface area contributed by atoms with Crippen LogP contribution in [0.4, 0.5) is 5.69 Å². The first-order chi connectivity index (χ1) is 15.8. The normalized spacial score (nSPS) is 16.7. The molecule has 2 amide bonds. The number of imide groups is 1. The van der Waals surface area contributed by atoms with E-state index in [-0.39, 0.29) is 17.9 Å². The molecule has 33 heavy (non-hydrogen) atoms. The van der Waals surface area contributed by atoms with Crippen LogP contribution in [0.5, 0.6) is 0 Å². The first kappa shape index (κ1) is 22.9. The van der Waals surface area contributed by atoms with E-state index < -0.39 is 27.9 Å². The maximum Gasteiger partial charge on any atom is 0.252 e. The molecule has 1 aliphatic heterocycles. The maximum atomic E-state index is 13.6. The van der Waals surface area contributed by atoms with Crippen LogP contribution in [0.1, 0.15) is 37.3 Å². The van der Waals surface area contributed by atoms with E-state index in [1.54, 1.807) is 42.5 Å². The number of anilines is 1. The Kier molecular flexibility index (Phi) is 6.44. The fourth-order valence-corrected chi connectivity index (χ4v) is 5.56. The van der Waals surface area contributed by atoms with Gasteiger partial charge in [0.15, 0.2) is 0 Å². The molecule has 0 radical (unpaired) electrons. The number of carbonyl (C=O) groups is 2. The van der Waals surface area contributed by atoms with Gasteiger partial charge < -0.3 is 0 Å². The molecule has 6 nitrogen and oxygen atoms in total. The van der Waals surface area contributed by atoms with Crippen molar-refractivity contribution in [3.05, 3.63) is 96.1 Å². The Morgan fingerprint density at radius 1 is 0.879 bits per heavy atom. The minimum absolute atomic E-state index is 0.0120. The molecule has 7 heteroatoms. The molecule has 0 aromatic heterocycles. The number of hydrogen-bond donors (Lipinski definition) is 0. The predicted octanol–water partition coefficient (Wildman–Crippen LogP) is 4.33. The molecule has 0 aliphatic carbocycles.